The highest BCUT2D eigenvalue weighted by Gasteiger charge is 2.09. The van der Waals surface area contributed by atoms with Crippen molar-refractivity contribution in [3.63, 3.8) is 0 Å². The third-order valence-corrected chi connectivity index (χ3v) is 3.19. The first-order valence-corrected chi connectivity index (χ1v) is 7.59. The molecule has 2 aromatic rings. The molecule has 0 saturated heterocycles. The van der Waals surface area contributed by atoms with Gasteiger partial charge in [-0.25, -0.2) is 0 Å². The summed E-state index contributed by atoms with van der Waals surface area (Å²) in [7, 11) is 0. The van der Waals surface area contributed by atoms with Gasteiger partial charge in [-0.1, -0.05) is 37.6 Å². The summed E-state index contributed by atoms with van der Waals surface area (Å²) < 4.78 is 5.56. The fourth-order valence-electron chi connectivity index (χ4n) is 1.91. The molecule has 0 heterocycles. The summed E-state index contributed by atoms with van der Waals surface area (Å²) in [5.74, 6) is -0.120. The van der Waals surface area contributed by atoms with Crippen LogP contribution >= 0.6 is 0 Å². The normalized spacial score (nSPS) is 9.96. The minimum Gasteiger partial charge on any atom is -0.494 e. The molecule has 2 rings (SSSR count). The first-order chi connectivity index (χ1) is 11.2. The molecule has 5 heteroatoms. The van der Waals surface area contributed by atoms with Crippen molar-refractivity contribution >= 4 is 11.8 Å². The number of amides is 2. The molecule has 5 nitrogen and oxygen atoms in total. The van der Waals surface area contributed by atoms with Crippen molar-refractivity contribution in [2.75, 3.05) is 6.61 Å². The molecule has 0 aromatic heterocycles. The van der Waals surface area contributed by atoms with Crippen LogP contribution in [0.15, 0.2) is 54.6 Å². The van der Waals surface area contributed by atoms with E-state index in [0.717, 1.165) is 12.8 Å². The average molecular weight is 312 g/mol. The van der Waals surface area contributed by atoms with Crippen molar-refractivity contribution < 1.29 is 14.3 Å². The topological polar surface area (TPSA) is 67.4 Å². The number of rotatable bonds is 6. The van der Waals surface area contributed by atoms with Gasteiger partial charge in [-0.05, 0) is 36.8 Å². The summed E-state index contributed by atoms with van der Waals surface area (Å²) in [4.78, 5) is 24.0. The summed E-state index contributed by atoms with van der Waals surface area (Å²) in [6.45, 7) is 2.70. The Hall–Kier alpha value is -2.82. The summed E-state index contributed by atoms with van der Waals surface area (Å²) >= 11 is 0. The van der Waals surface area contributed by atoms with Crippen molar-refractivity contribution in [3.05, 3.63) is 65.7 Å². The molecule has 0 aliphatic carbocycles. The third-order valence-electron chi connectivity index (χ3n) is 3.19. The van der Waals surface area contributed by atoms with Crippen LogP contribution < -0.4 is 15.6 Å². The molecule has 0 aliphatic heterocycles. The van der Waals surface area contributed by atoms with Gasteiger partial charge in [-0.2, -0.15) is 0 Å². The fraction of sp³-hybridized carbons (Fsp3) is 0.222. The lowest BCUT2D eigenvalue weighted by Gasteiger charge is -2.09. The standard InChI is InChI=1S/C18H20N2O3/c1-2-3-12-23-16-11-7-10-15(13-16)18(22)20-19-17(21)14-8-5-4-6-9-14/h4-11,13H,2-3,12H2,1H3,(H,19,21)(H,20,22). The zero-order valence-corrected chi connectivity index (χ0v) is 13.0. The maximum Gasteiger partial charge on any atom is 0.269 e. The lowest BCUT2D eigenvalue weighted by molar-refractivity contribution is 0.0846. The minimum atomic E-state index is -0.393. The Morgan fingerprint density at radius 2 is 1.57 bits per heavy atom. The van der Waals surface area contributed by atoms with E-state index in [2.05, 4.69) is 17.8 Å². The first-order valence-electron chi connectivity index (χ1n) is 7.59. The Kier molecular flexibility index (Phi) is 6.17. The molecule has 2 N–H and O–H groups in total. The lowest BCUT2D eigenvalue weighted by atomic mass is 10.2. The Labute approximate surface area is 135 Å². The number of carbonyl (C=O) groups excluding carboxylic acids is 2. The van der Waals surface area contributed by atoms with Gasteiger partial charge >= 0.3 is 0 Å². The number of benzene rings is 2. The second kappa shape index (κ2) is 8.58. The Balaban J connectivity index is 1.90. The lowest BCUT2D eigenvalue weighted by Crippen LogP contribution is -2.41. The molecule has 0 saturated carbocycles. The maximum atomic E-state index is 12.1. The number of nitrogens with one attached hydrogen (secondary N) is 2. The Bertz CT molecular complexity index is 656. The number of ether oxygens (including phenoxy) is 1. The van der Waals surface area contributed by atoms with Crippen LogP contribution in [0.25, 0.3) is 0 Å². The van der Waals surface area contributed by atoms with Crippen LogP contribution in [-0.2, 0) is 0 Å². The predicted octanol–water partition coefficient (Wildman–Crippen LogP) is 2.94. The van der Waals surface area contributed by atoms with Gasteiger partial charge in [0.1, 0.15) is 5.75 Å². The van der Waals surface area contributed by atoms with Crippen LogP contribution in [0.2, 0.25) is 0 Å². The van der Waals surface area contributed by atoms with E-state index in [9.17, 15) is 9.59 Å². The molecule has 2 amide bonds. The van der Waals surface area contributed by atoms with Gasteiger partial charge in [0.15, 0.2) is 0 Å². The predicted molar refractivity (Wildman–Crippen MR) is 88.2 cm³/mol. The van der Waals surface area contributed by atoms with Crippen molar-refractivity contribution in [1.29, 1.82) is 0 Å². The van der Waals surface area contributed by atoms with E-state index in [1.165, 1.54) is 0 Å². The molecular weight excluding hydrogens is 292 g/mol. The molecule has 0 bridgehead atoms. The van der Waals surface area contributed by atoms with Crippen molar-refractivity contribution in [2.24, 2.45) is 0 Å². The molecule has 0 unspecified atom stereocenters. The van der Waals surface area contributed by atoms with Crippen molar-refractivity contribution in [1.82, 2.24) is 10.9 Å². The molecule has 2 aromatic carbocycles. The number of hydrogen-bond donors (Lipinski definition) is 2. The average Bonchev–Trinajstić information content (AvgIpc) is 2.60. The molecule has 0 aliphatic rings. The number of carbonyl (C=O) groups is 2. The SMILES string of the molecule is CCCCOc1cccc(C(=O)NNC(=O)c2ccccc2)c1. The molecule has 23 heavy (non-hydrogen) atoms. The number of unbranched alkanes of at least 4 members (excludes halogenated alkanes) is 1. The third kappa shape index (κ3) is 5.14. The van der Waals surface area contributed by atoms with Crippen molar-refractivity contribution in [3.8, 4) is 5.75 Å². The van der Waals surface area contributed by atoms with Crippen LogP contribution in [0.4, 0.5) is 0 Å². The van der Waals surface area contributed by atoms with E-state index in [0.29, 0.717) is 23.5 Å². The Morgan fingerprint density at radius 3 is 2.26 bits per heavy atom. The zero-order valence-electron chi connectivity index (χ0n) is 13.0. The largest absolute Gasteiger partial charge is 0.494 e. The van der Waals surface area contributed by atoms with Gasteiger partial charge in [-0.15, -0.1) is 0 Å². The maximum absolute atomic E-state index is 12.1. The number of hydrogen-bond acceptors (Lipinski definition) is 3. The van der Waals surface area contributed by atoms with Gasteiger partial charge in [0.05, 0.1) is 6.61 Å². The highest BCUT2D eigenvalue weighted by Crippen LogP contribution is 2.13. The zero-order chi connectivity index (χ0) is 16.5. The van der Waals surface area contributed by atoms with E-state index in [4.69, 9.17) is 4.74 Å². The molecule has 0 radical (unpaired) electrons. The first kappa shape index (κ1) is 16.5. The highest BCUT2D eigenvalue weighted by molar-refractivity contribution is 5.99. The summed E-state index contributed by atoms with van der Waals surface area (Å²) in [5, 5.41) is 0. The van der Waals surface area contributed by atoms with Crippen LogP contribution in [0.5, 0.6) is 5.75 Å². The highest BCUT2D eigenvalue weighted by atomic mass is 16.5. The van der Waals surface area contributed by atoms with Crippen LogP contribution in [0.1, 0.15) is 40.5 Å². The Morgan fingerprint density at radius 1 is 0.913 bits per heavy atom. The van der Waals surface area contributed by atoms with Gasteiger partial charge in [-0.3, -0.25) is 20.4 Å². The van der Waals surface area contributed by atoms with Gasteiger partial charge in [0.25, 0.3) is 11.8 Å². The van der Waals surface area contributed by atoms with E-state index < -0.39 is 5.91 Å². The van der Waals surface area contributed by atoms with E-state index in [-0.39, 0.29) is 5.91 Å². The summed E-state index contributed by atoms with van der Waals surface area (Å²) in [5.41, 5.74) is 5.69. The van der Waals surface area contributed by atoms with Crippen LogP contribution in [-0.4, -0.2) is 18.4 Å². The molecule has 0 fully saturated rings. The summed E-state index contributed by atoms with van der Waals surface area (Å²) in [6, 6.07) is 15.5. The second-order valence-electron chi connectivity index (χ2n) is 5.00. The fourth-order valence-corrected chi connectivity index (χ4v) is 1.91. The van der Waals surface area contributed by atoms with Gasteiger partial charge < -0.3 is 4.74 Å². The van der Waals surface area contributed by atoms with Crippen molar-refractivity contribution in [2.45, 2.75) is 19.8 Å². The van der Waals surface area contributed by atoms with Crippen LogP contribution in [0.3, 0.4) is 0 Å². The summed E-state index contributed by atoms with van der Waals surface area (Å²) in [6.07, 6.45) is 2.01. The monoisotopic (exact) mass is 312 g/mol. The minimum absolute atomic E-state index is 0.366. The molecule has 0 spiro atoms. The number of hydrazine groups is 1. The second-order valence-corrected chi connectivity index (χ2v) is 5.00. The van der Waals surface area contributed by atoms with E-state index >= 15 is 0 Å². The smallest absolute Gasteiger partial charge is 0.269 e. The van der Waals surface area contributed by atoms with Gasteiger partial charge in [0, 0.05) is 11.1 Å². The molecular formula is C18H20N2O3. The van der Waals surface area contributed by atoms with Gasteiger partial charge in [0.2, 0.25) is 0 Å². The van der Waals surface area contributed by atoms with E-state index in [1.54, 1.807) is 48.5 Å². The van der Waals surface area contributed by atoms with Crippen LogP contribution in [0, 0.1) is 0 Å². The van der Waals surface area contributed by atoms with E-state index in [1.807, 2.05) is 6.07 Å². The molecule has 120 valence electrons. The quantitative estimate of drug-likeness (QED) is 0.636. The molecule has 0 atom stereocenters.